The van der Waals surface area contributed by atoms with E-state index in [1.165, 1.54) is 11.8 Å². The van der Waals surface area contributed by atoms with Gasteiger partial charge in [0.25, 0.3) is 0 Å². The van der Waals surface area contributed by atoms with Crippen LogP contribution >= 0.6 is 11.6 Å². The number of nitrogens with one attached hydrogen (secondary N) is 1. The quantitative estimate of drug-likeness (QED) is 0.747. The van der Waals surface area contributed by atoms with Crippen LogP contribution < -0.4 is 5.32 Å². The molecule has 1 atom stereocenters. The van der Waals surface area contributed by atoms with E-state index >= 15 is 0 Å². The van der Waals surface area contributed by atoms with E-state index in [0.29, 0.717) is 17.9 Å². The minimum Gasteiger partial charge on any atom is -0.458 e. The third kappa shape index (κ3) is 6.08. The van der Waals surface area contributed by atoms with Gasteiger partial charge in [0.2, 0.25) is 0 Å². The number of urea groups is 1. The molecule has 1 N–H and O–H groups in total. The first-order chi connectivity index (χ1) is 12.3. The lowest BCUT2D eigenvalue weighted by atomic mass is 10.0. The maximum atomic E-state index is 11.8. The number of carbonyl (C=O) groups excluding carboxylic acids is 2. The van der Waals surface area contributed by atoms with Crippen molar-refractivity contribution in [2.75, 3.05) is 19.4 Å². The Labute approximate surface area is 158 Å². The summed E-state index contributed by atoms with van der Waals surface area (Å²) in [5.41, 5.74) is 2.69. The van der Waals surface area contributed by atoms with Gasteiger partial charge in [0.05, 0.1) is 0 Å². The van der Waals surface area contributed by atoms with Gasteiger partial charge in [0.1, 0.15) is 6.10 Å². The zero-order chi connectivity index (χ0) is 19.1. The van der Waals surface area contributed by atoms with Crippen molar-refractivity contribution in [3.8, 4) is 0 Å². The molecule has 0 saturated heterocycles. The summed E-state index contributed by atoms with van der Waals surface area (Å²) in [5, 5.41) is 3.47. The number of amides is 2. The Morgan fingerprint density at radius 1 is 1.15 bits per heavy atom. The van der Waals surface area contributed by atoms with Crippen LogP contribution in [0.4, 0.5) is 10.5 Å². The van der Waals surface area contributed by atoms with Gasteiger partial charge < -0.3 is 15.0 Å². The lowest BCUT2D eigenvalue weighted by Gasteiger charge is -2.18. The molecule has 0 aliphatic rings. The second-order valence-corrected chi connectivity index (χ2v) is 6.65. The van der Waals surface area contributed by atoms with E-state index < -0.39 is 0 Å². The van der Waals surface area contributed by atoms with Crippen LogP contribution in [0.15, 0.2) is 48.5 Å². The summed E-state index contributed by atoms with van der Waals surface area (Å²) < 4.78 is 5.47. The molecule has 0 bridgehead atoms. The van der Waals surface area contributed by atoms with E-state index in [2.05, 4.69) is 5.32 Å². The minimum atomic E-state index is -0.343. The van der Waals surface area contributed by atoms with E-state index in [-0.39, 0.29) is 18.1 Å². The Kier molecular flexibility index (Phi) is 7.04. The molecule has 0 fully saturated rings. The van der Waals surface area contributed by atoms with Crippen molar-refractivity contribution in [1.82, 2.24) is 4.90 Å². The van der Waals surface area contributed by atoms with Crippen LogP contribution in [0.1, 0.15) is 30.6 Å². The Balaban J connectivity index is 2.07. The molecule has 0 heterocycles. The number of anilines is 1. The number of aryl methyl sites for hydroxylation is 1. The van der Waals surface area contributed by atoms with Crippen molar-refractivity contribution < 1.29 is 14.3 Å². The number of carbonyl (C=O) groups is 2. The Morgan fingerprint density at radius 2 is 1.85 bits per heavy atom. The van der Waals surface area contributed by atoms with Gasteiger partial charge >= 0.3 is 12.0 Å². The molecule has 0 aromatic heterocycles. The summed E-state index contributed by atoms with van der Waals surface area (Å²) >= 11 is 5.93. The second-order valence-electron chi connectivity index (χ2n) is 6.21. The molecule has 26 heavy (non-hydrogen) atoms. The normalized spacial score (nSPS) is 11.5. The molecule has 138 valence electrons. The number of hydrogen-bond acceptors (Lipinski definition) is 3. The van der Waals surface area contributed by atoms with Crippen LogP contribution in [0.3, 0.4) is 0 Å². The maximum Gasteiger partial charge on any atom is 0.321 e. The maximum absolute atomic E-state index is 11.8. The number of hydrogen-bond donors (Lipinski definition) is 1. The first-order valence-electron chi connectivity index (χ1n) is 8.35. The van der Waals surface area contributed by atoms with Crippen molar-refractivity contribution in [1.29, 1.82) is 0 Å². The fourth-order valence-corrected chi connectivity index (χ4v) is 2.64. The summed E-state index contributed by atoms with van der Waals surface area (Å²) in [6.45, 7) is 1.40. The Morgan fingerprint density at radius 3 is 2.46 bits per heavy atom. The van der Waals surface area contributed by atoms with Crippen molar-refractivity contribution in [2.24, 2.45) is 0 Å². The number of esters is 1. The monoisotopic (exact) mass is 374 g/mol. The van der Waals surface area contributed by atoms with Crippen molar-refractivity contribution >= 4 is 29.3 Å². The van der Waals surface area contributed by atoms with E-state index in [1.807, 2.05) is 36.4 Å². The molecule has 2 aromatic carbocycles. The third-order valence-corrected chi connectivity index (χ3v) is 4.08. The predicted octanol–water partition coefficient (Wildman–Crippen LogP) is 4.67. The molecular formula is C20H23ClN2O3. The van der Waals surface area contributed by atoms with Gasteiger partial charge in [0, 0.05) is 31.7 Å². The van der Waals surface area contributed by atoms with Crippen molar-refractivity contribution in [2.45, 2.75) is 25.9 Å². The van der Waals surface area contributed by atoms with Crippen molar-refractivity contribution in [3.05, 3.63) is 64.7 Å². The molecule has 0 aliphatic heterocycles. The highest BCUT2D eigenvalue weighted by Crippen LogP contribution is 2.25. The number of rotatable bonds is 6. The smallest absolute Gasteiger partial charge is 0.321 e. The zero-order valence-electron chi connectivity index (χ0n) is 15.2. The van der Waals surface area contributed by atoms with Crippen LogP contribution in [0.25, 0.3) is 0 Å². The molecule has 0 radical (unpaired) electrons. The predicted molar refractivity (Wildman–Crippen MR) is 103 cm³/mol. The fraction of sp³-hybridized carbons (Fsp3) is 0.300. The van der Waals surface area contributed by atoms with Crippen LogP contribution in [0, 0.1) is 0 Å². The molecule has 0 spiro atoms. The average Bonchev–Trinajstić information content (AvgIpc) is 2.59. The van der Waals surface area contributed by atoms with Gasteiger partial charge in [-0.3, -0.25) is 4.79 Å². The number of halogens is 1. The zero-order valence-corrected chi connectivity index (χ0v) is 15.9. The van der Waals surface area contributed by atoms with Crippen LogP contribution in [0.5, 0.6) is 0 Å². The van der Waals surface area contributed by atoms with Gasteiger partial charge in [-0.25, -0.2) is 4.79 Å². The topological polar surface area (TPSA) is 58.6 Å². The molecule has 0 saturated carbocycles. The largest absolute Gasteiger partial charge is 0.458 e. The number of benzene rings is 2. The molecule has 6 heteroatoms. The van der Waals surface area contributed by atoms with E-state index in [0.717, 1.165) is 16.8 Å². The summed E-state index contributed by atoms with van der Waals surface area (Å²) in [5.74, 6) is -0.322. The van der Waals surface area contributed by atoms with Gasteiger partial charge in [-0.05, 0) is 48.2 Å². The highest BCUT2D eigenvalue weighted by molar-refractivity contribution is 6.30. The van der Waals surface area contributed by atoms with E-state index in [9.17, 15) is 9.59 Å². The van der Waals surface area contributed by atoms with E-state index in [1.54, 1.807) is 26.2 Å². The molecule has 1 unspecified atom stereocenters. The fourth-order valence-electron chi connectivity index (χ4n) is 2.51. The lowest BCUT2D eigenvalue weighted by molar-refractivity contribution is -0.147. The Bertz CT molecular complexity index is 760. The third-order valence-electron chi connectivity index (χ3n) is 3.83. The summed E-state index contributed by atoms with van der Waals surface area (Å²) in [6, 6.07) is 14.8. The number of nitrogens with zero attached hydrogens (tertiary/aromatic N) is 1. The molecule has 2 rings (SSSR count). The highest BCUT2D eigenvalue weighted by Gasteiger charge is 2.15. The lowest BCUT2D eigenvalue weighted by Crippen LogP contribution is -2.27. The van der Waals surface area contributed by atoms with Gasteiger partial charge in [-0.1, -0.05) is 35.9 Å². The molecule has 2 amide bonds. The molecule has 2 aromatic rings. The average molecular weight is 375 g/mol. The summed E-state index contributed by atoms with van der Waals surface area (Å²) in [4.78, 5) is 24.7. The SMILES string of the molecule is CC(=O)OC(CCc1cccc(NC(=O)N(C)C)c1)c1ccc(Cl)cc1. The second kappa shape index (κ2) is 9.25. The van der Waals surface area contributed by atoms with Crippen LogP contribution in [-0.4, -0.2) is 31.0 Å². The van der Waals surface area contributed by atoms with E-state index in [4.69, 9.17) is 16.3 Å². The molecule has 5 nitrogen and oxygen atoms in total. The first kappa shape index (κ1) is 19.8. The van der Waals surface area contributed by atoms with Gasteiger partial charge in [0.15, 0.2) is 0 Å². The van der Waals surface area contributed by atoms with Gasteiger partial charge in [-0.2, -0.15) is 0 Å². The highest BCUT2D eigenvalue weighted by atomic mass is 35.5. The van der Waals surface area contributed by atoms with Gasteiger partial charge in [-0.15, -0.1) is 0 Å². The number of ether oxygens (including phenoxy) is 1. The summed E-state index contributed by atoms with van der Waals surface area (Å²) in [6.07, 6.45) is 0.989. The standard InChI is InChI=1S/C20H23ClN2O3/c1-14(24)26-19(16-8-10-17(21)11-9-16)12-7-15-5-4-6-18(13-15)22-20(25)23(2)3/h4-6,8-11,13,19H,7,12H2,1-3H3,(H,22,25). The molecular weight excluding hydrogens is 352 g/mol. The van der Waals surface area contributed by atoms with Crippen LogP contribution in [0.2, 0.25) is 5.02 Å². The first-order valence-corrected chi connectivity index (χ1v) is 8.73. The Hall–Kier alpha value is -2.53. The minimum absolute atomic E-state index is 0.180. The van der Waals surface area contributed by atoms with Crippen molar-refractivity contribution in [3.63, 3.8) is 0 Å². The van der Waals surface area contributed by atoms with Crippen LogP contribution in [-0.2, 0) is 16.0 Å². The molecule has 0 aliphatic carbocycles. The summed E-state index contributed by atoms with van der Waals surface area (Å²) in [7, 11) is 3.38.